The lowest BCUT2D eigenvalue weighted by molar-refractivity contribution is -0.142. The molecule has 23 N–H and O–H groups in total. The maximum atomic E-state index is 14.5. The second-order valence-corrected chi connectivity index (χ2v) is 41.9. The fraction of sp³-hybridized carbons (Fsp3) is 0.714. The van der Waals surface area contributed by atoms with Crippen LogP contribution in [0.25, 0.3) is 0 Å². The molecule has 2 bridgehead atoms. The topological polar surface area (TPSA) is 722 Å². The molecule has 9 atom stereocenters. The number of thioether (sulfide) groups is 1. The number of fused-ring (bicyclic) bond motifs is 5. The summed E-state index contributed by atoms with van der Waals surface area (Å²) in [5.41, 5.74) is 11.9. The third-order valence-electron chi connectivity index (χ3n) is 24.4. The number of nitrogens with zero attached hydrogens (tertiary/aromatic N) is 6. The van der Waals surface area contributed by atoms with Crippen LogP contribution >= 0.6 is 33.3 Å². The van der Waals surface area contributed by atoms with Crippen molar-refractivity contribution in [2.75, 3.05) is 161 Å². The predicted octanol–water partition coefficient (Wildman–Crippen LogP) is 2.12. The number of carbonyl (C=O) groups is 17. The Balaban J connectivity index is 0.00000122. The fourth-order valence-corrected chi connectivity index (χ4v) is 17.2. The number of nitrogens with one attached hydrogen (secondary N) is 13. The minimum Gasteiger partial charge on any atom is -0.481 e. The minimum absolute atomic E-state index is 0.00569. The molecule has 844 valence electrons. The van der Waals surface area contributed by atoms with Crippen LogP contribution in [0.15, 0.2) is 55.9 Å². The largest absolute Gasteiger partial charge is 0.481 e. The number of carboxylic acids is 2. The molecule has 51 heteroatoms. The van der Waals surface area contributed by atoms with Crippen LogP contribution in [-0.2, 0) is 107 Å². The normalized spacial score (nSPS) is 18.8. The molecule has 2 saturated heterocycles. The Labute approximate surface area is 886 Å². The SMILES string of the molecule is CC(=O)CCCOCCOCCNC(=O)CCC(=O)NCCN(CCNC(C)(C)/C(C)=N\O)CCNC(C)(C)/C(C)=N\O.CCCOCCCC(=O)CCC(=O)NCC(C)(CNC(C)/C(C)=N/O)CNC(C)(C)/C(C)=N/O.COCCNC(=O)CCC(=O)[C@@H]1CSCC(=O)N[C@@H](CC(=O)O)C(=O)N[C@H]2CSSC[C@H](NC(=O)[C@H](CC(=O)O)CC(=O)CNC(=O)[C@H](CCCN=C(N)N)CC2=O)C(=O)C[C@@H](Cc2ccccc2)C(=O)N1. The summed E-state index contributed by atoms with van der Waals surface area (Å²) in [4.78, 5) is 227. The molecule has 3 rings (SSSR count). The van der Waals surface area contributed by atoms with E-state index < -0.39 is 179 Å². The summed E-state index contributed by atoms with van der Waals surface area (Å²) in [6, 6.07) is 2.41. The summed E-state index contributed by atoms with van der Waals surface area (Å²) in [5, 5.41) is 106. The minimum atomic E-state index is -1.75. The maximum absolute atomic E-state index is 14.5. The number of ketones is 6. The van der Waals surface area contributed by atoms with Gasteiger partial charge in [-0.25, -0.2) is 0 Å². The predicted molar refractivity (Wildman–Crippen MR) is 568 cm³/mol. The van der Waals surface area contributed by atoms with Gasteiger partial charge in [-0.05, 0) is 127 Å². The van der Waals surface area contributed by atoms with Crippen molar-refractivity contribution < 1.29 is 131 Å². The van der Waals surface area contributed by atoms with E-state index in [4.69, 9.17) is 51.2 Å². The first kappa shape index (κ1) is 136. The van der Waals surface area contributed by atoms with Crippen molar-refractivity contribution in [1.29, 1.82) is 0 Å². The van der Waals surface area contributed by atoms with E-state index >= 15 is 0 Å². The first-order chi connectivity index (χ1) is 70.4. The van der Waals surface area contributed by atoms with Crippen LogP contribution in [0.5, 0.6) is 0 Å². The standard InChI is InChI=1S/C45H63N9O15S3.C29H57N7O7.C24H47N5O5/c1-69-13-12-48-37(59)10-9-34(56)31-21-70-24-38(60)51-30(19-40(63)64)44(68)54-33-23-72-71-22-32(36(58)17-27(42(66)52-31)14-25-6-3-2-4-7-25)53-43(67)28(18-39(61)62)15-29(55)20-50-41(65)26(16-35(33)57)8-5-11-49-45(46)47;1-23(37)9-8-19-42-21-22-43-20-15-31-27(39)11-10-26(38)30-12-16-36(17-13-32-28(4,5)24(2)34-40)18-14-33-29(6,7)25(3)35-41;1-8-13-34-14-9-10-21(30)11-12-22(31)26-16-24(7,15-25-18(2)19(3)28-32)17-27-23(5,6)20(4)29-33/h2-4,6-7,26-28,30-33H,5,8-24H2,1H3,(H,48,59)(H,50,65)(H,51,60)(H,52,66)(H,53,67)(H,54,68)(H,61,62)(H,63,64)(H4,46,47,49);32-33,40-41H,8-22H2,1-7H3,(H,30,38)(H,31,39);18,25,27,32-33H,8-17H2,1-7H3,(H,26,31)/b;34-24-,35-25-;28-19+,29-20+/t26-,27-,28+,30+,31+,32+,33+;;/m1../s1. The molecule has 0 spiro atoms. The van der Waals surface area contributed by atoms with Crippen molar-refractivity contribution in [2.24, 2.45) is 60.3 Å². The number of benzene rings is 1. The van der Waals surface area contributed by atoms with Gasteiger partial charge >= 0.3 is 11.9 Å². The number of ether oxygens (including phenoxy) is 4. The summed E-state index contributed by atoms with van der Waals surface area (Å²) in [5.74, 6) is -16.5. The van der Waals surface area contributed by atoms with Gasteiger partial charge in [-0.15, -0.1) is 11.8 Å². The number of amides is 9. The molecule has 2 fully saturated rings. The lowest BCUT2D eigenvalue weighted by atomic mass is 9.87. The molecule has 0 radical (unpaired) electrons. The molecule has 0 aliphatic carbocycles. The monoisotopic (exact) mass is 2170 g/mol. The Morgan fingerprint density at radius 3 is 1.56 bits per heavy atom. The highest BCUT2D eigenvalue weighted by molar-refractivity contribution is 8.76. The molecule has 0 saturated carbocycles. The van der Waals surface area contributed by atoms with Crippen LogP contribution in [0.4, 0.5) is 0 Å². The third-order valence-corrected chi connectivity index (χ3v) is 27.8. The summed E-state index contributed by atoms with van der Waals surface area (Å²) in [6.45, 7) is 34.2. The van der Waals surface area contributed by atoms with Gasteiger partial charge in [0.2, 0.25) is 53.2 Å². The van der Waals surface area contributed by atoms with Gasteiger partial charge in [0.15, 0.2) is 29.1 Å². The molecule has 1 aromatic carbocycles. The quantitative estimate of drug-likeness (QED) is 0.0111. The lowest BCUT2D eigenvalue weighted by Gasteiger charge is -2.36. The van der Waals surface area contributed by atoms with Crippen molar-refractivity contribution >= 4 is 162 Å². The molecule has 9 amide bonds. The van der Waals surface area contributed by atoms with Crippen LogP contribution in [0.1, 0.15) is 218 Å². The molecule has 2 aliphatic heterocycles. The smallest absolute Gasteiger partial charge is 0.305 e. The highest BCUT2D eigenvalue weighted by atomic mass is 33.1. The number of oxime groups is 4. The van der Waals surface area contributed by atoms with Crippen molar-refractivity contribution in [3.63, 3.8) is 0 Å². The molecular formula is C98H167N21O27S3. The first-order valence-corrected chi connectivity index (χ1v) is 53.8. The molecule has 149 heavy (non-hydrogen) atoms. The number of hydrogen-bond acceptors (Lipinski definition) is 38. The molecule has 2 unspecified atom stereocenters. The van der Waals surface area contributed by atoms with Crippen molar-refractivity contribution in [3.05, 3.63) is 35.9 Å². The van der Waals surface area contributed by atoms with E-state index in [-0.39, 0.29) is 136 Å². The van der Waals surface area contributed by atoms with Crippen LogP contribution in [0.3, 0.4) is 0 Å². The van der Waals surface area contributed by atoms with Gasteiger partial charge in [0.05, 0.1) is 115 Å². The van der Waals surface area contributed by atoms with E-state index in [9.17, 15) is 91.7 Å². The third kappa shape index (κ3) is 63.2. The van der Waals surface area contributed by atoms with Gasteiger partial charge in [-0.1, -0.05) is 86.4 Å². The number of nitrogens with two attached hydrogens (primary N) is 2. The molecule has 0 aromatic heterocycles. The Bertz CT molecular complexity index is 4480. The van der Waals surface area contributed by atoms with Crippen LogP contribution in [0.2, 0.25) is 0 Å². The molecule has 48 nitrogen and oxygen atoms in total. The van der Waals surface area contributed by atoms with Crippen molar-refractivity contribution in [3.8, 4) is 0 Å². The van der Waals surface area contributed by atoms with Crippen LogP contribution in [0, 0.1) is 23.2 Å². The number of hydrogen-bond donors (Lipinski definition) is 21. The fourth-order valence-electron chi connectivity index (χ4n) is 13.9. The average molecular weight is 2170 g/mol. The number of rotatable bonds is 62. The van der Waals surface area contributed by atoms with E-state index in [1.54, 1.807) is 65.0 Å². The van der Waals surface area contributed by atoms with Gasteiger partial charge in [0.1, 0.15) is 17.6 Å². The number of aliphatic carboxylic acids is 2. The van der Waals surface area contributed by atoms with E-state index in [0.29, 0.717) is 159 Å². The Kier molecular flexibility index (Phi) is 70.1. The van der Waals surface area contributed by atoms with Gasteiger partial charge in [0, 0.05) is 217 Å². The summed E-state index contributed by atoms with van der Waals surface area (Å²) < 4.78 is 21.1. The Morgan fingerprint density at radius 2 is 1.02 bits per heavy atom. The van der Waals surface area contributed by atoms with Crippen LogP contribution < -0.4 is 80.6 Å². The summed E-state index contributed by atoms with van der Waals surface area (Å²) >= 11 is 0.832. The van der Waals surface area contributed by atoms with Gasteiger partial charge in [-0.2, -0.15) is 0 Å². The van der Waals surface area contributed by atoms with E-state index in [2.05, 4.69) is 99.6 Å². The molecule has 1 aromatic rings. The van der Waals surface area contributed by atoms with Gasteiger partial charge in [0.25, 0.3) is 0 Å². The first-order valence-electron chi connectivity index (χ1n) is 50.1. The second-order valence-electron chi connectivity index (χ2n) is 38.3. The lowest BCUT2D eigenvalue weighted by Crippen LogP contribution is -2.55. The van der Waals surface area contributed by atoms with E-state index in [1.165, 1.54) is 7.11 Å². The number of carboxylic acid groups (broad SMARTS) is 2. The Morgan fingerprint density at radius 1 is 0.517 bits per heavy atom. The molecule has 2 aliphatic rings. The summed E-state index contributed by atoms with van der Waals surface area (Å²) in [7, 11) is 3.31. The Hall–Kier alpha value is -10.8. The zero-order valence-corrected chi connectivity index (χ0v) is 91.7. The van der Waals surface area contributed by atoms with Gasteiger partial charge in [-0.3, -0.25) is 86.6 Å². The average Bonchev–Trinajstić information content (AvgIpc) is 1.58. The summed E-state index contributed by atoms with van der Waals surface area (Å²) in [6.07, 6.45) is -0.233. The van der Waals surface area contributed by atoms with E-state index in [0.717, 1.165) is 39.8 Å². The highest BCUT2D eigenvalue weighted by Gasteiger charge is 2.38. The molecule has 2 heterocycles. The van der Waals surface area contributed by atoms with Crippen LogP contribution in [-0.4, -0.2) is 373 Å². The van der Waals surface area contributed by atoms with E-state index in [1.807, 2.05) is 62.3 Å². The zero-order chi connectivity index (χ0) is 112. The second kappa shape index (κ2) is 76.7. The number of methoxy groups -OCH3 is 1. The maximum Gasteiger partial charge on any atom is 0.305 e. The van der Waals surface area contributed by atoms with Crippen molar-refractivity contribution in [1.82, 2.24) is 74.0 Å². The number of carbonyl (C=O) groups excluding carboxylic acids is 15. The number of Topliss-reactive ketones (excluding diaryl/α,β-unsaturated/α-hetero) is 6. The van der Waals surface area contributed by atoms with Gasteiger partial charge < -0.3 is 135 Å². The number of aliphatic imine (C=N–C) groups is 1. The van der Waals surface area contributed by atoms with Crippen molar-refractivity contribution in [2.45, 2.75) is 266 Å². The number of guanidine groups is 1. The highest BCUT2D eigenvalue weighted by Crippen LogP contribution is 2.28. The zero-order valence-electron chi connectivity index (χ0n) is 89.2. The molecular weight excluding hydrogens is 2000 g/mol.